The summed E-state index contributed by atoms with van der Waals surface area (Å²) in [6.45, 7) is 8.18. The van der Waals surface area contributed by atoms with E-state index in [1.165, 1.54) is 0 Å². The second kappa shape index (κ2) is 12.8. The van der Waals surface area contributed by atoms with Gasteiger partial charge in [-0.15, -0.1) is 13.1 Å². The van der Waals surface area contributed by atoms with Crippen LogP contribution >= 0.6 is 24.6 Å². The summed E-state index contributed by atoms with van der Waals surface area (Å²) in [6.07, 6.45) is 3.32. The van der Waals surface area contributed by atoms with E-state index in [1.807, 2.05) is 41.7 Å². The fraction of sp³-hybridized carbons (Fsp3) is 0.440. The number of nitrogens with one attached hydrogen (secondary N) is 1. The third-order valence-electron chi connectivity index (χ3n) is 6.37. The number of fused-ring (bicyclic) bond motifs is 1. The average molecular weight is 535 g/mol. The first kappa shape index (κ1) is 26.7. The minimum atomic E-state index is -0.200. The highest BCUT2D eigenvalue weighted by Gasteiger charge is 2.25. The Morgan fingerprint density at radius 3 is 2.58 bits per heavy atom. The number of hydrogen-bond donors (Lipinski definition) is 1. The van der Waals surface area contributed by atoms with E-state index in [2.05, 4.69) is 34.1 Å². The lowest BCUT2D eigenvalue weighted by molar-refractivity contribution is 0.291. The van der Waals surface area contributed by atoms with Crippen LogP contribution in [-0.4, -0.2) is 56.6 Å². The van der Waals surface area contributed by atoms with Crippen LogP contribution in [0.4, 0.5) is 19.9 Å². The van der Waals surface area contributed by atoms with Crippen molar-refractivity contribution >= 4 is 36.2 Å². The molecule has 1 aromatic heterocycles. The Morgan fingerprint density at radius 1 is 1.11 bits per heavy atom. The van der Waals surface area contributed by atoms with Crippen LogP contribution in [0.5, 0.6) is 6.01 Å². The Kier molecular flexibility index (Phi) is 9.47. The Morgan fingerprint density at radius 2 is 1.86 bits per heavy atom. The van der Waals surface area contributed by atoms with Gasteiger partial charge in [-0.1, -0.05) is 44.2 Å². The maximum Gasteiger partial charge on any atom is 0.343 e. The molecule has 3 aromatic rings. The van der Waals surface area contributed by atoms with E-state index < -0.39 is 0 Å². The molecule has 0 aliphatic heterocycles. The van der Waals surface area contributed by atoms with Crippen molar-refractivity contribution in [3.63, 3.8) is 0 Å². The van der Waals surface area contributed by atoms with Crippen LogP contribution in [0.1, 0.15) is 37.8 Å². The molecular formula is C25H32F2N6OS2. The highest BCUT2D eigenvalue weighted by atomic mass is 32.2. The molecule has 1 heterocycles. The van der Waals surface area contributed by atoms with E-state index in [4.69, 9.17) is 4.18 Å². The molecule has 2 aromatic carbocycles. The van der Waals surface area contributed by atoms with E-state index in [9.17, 15) is 8.28 Å². The lowest BCUT2D eigenvalue weighted by atomic mass is 9.97. The van der Waals surface area contributed by atoms with Crippen molar-refractivity contribution in [3.05, 3.63) is 53.3 Å². The van der Waals surface area contributed by atoms with Crippen LogP contribution in [0.15, 0.2) is 36.4 Å². The molecule has 0 atom stereocenters. The Bertz CT molecular complexity index is 1140. The topological polar surface area (TPSA) is 58.5 Å². The van der Waals surface area contributed by atoms with Crippen molar-refractivity contribution < 1.29 is 12.5 Å². The largest absolute Gasteiger partial charge is 0.372 e. The van der Waals surface area contributed by atoms with Gasteiger partial charge in [-0.05, 0) is 68.1 Å². The summed E-state index contributed by atoms with van der Waals surface area (Å²) in [6, 6.07) is 11.2. The zero-order valence-electron chi connectivity index (χ0n) is 20.8. The molecule has 0 saturated heterocycles. The summed E-state index contributed by atoms with van der Waals surface area (Å²) >= 11 is 1.02. The molecule has 0 fully saturated rings. The highest BCUT2D eigenvalue weighted by Crippen LogP contribution is 2.40. The first-order chi connectivity index (χ1) is 17.5. The molecule has 7 nitrogen and oxygen atoms in total. The van der Waals surface area contributed by atoms with Crippen LogP contribution in [0.3, 0.4) is 0 Å². The fourth-order valence-corrected chi connectivity index (χ4v) is 5.25. The molecule has 1 aliphatic rings. The lowest BCUT2D eigenvalue weighted by Crippen LogP contribution is -2.26. The molecule has 194 valence electrons. The van der Waals surface area contributed by atoms with Gasteiger partial charge in [0.05, 0.1) is 5.69 Å². The maximum atomic E-state index is 14.9. The van der Waals surface area contributed by atoms with Crippen LogP contribution < -0.4 is 9.50 Å². The summed E-state index contributed by atoms with van der Waals surface area (Å²) in [5.74, 6) is -0.00742. The minimum Gasteiger partial charge on any atom is -0.372 e. The quantitative estimate of drug-likeness (QED) is 0.202. The van der Waals surface area contributed by atoms with Crippen molar-refractivity contribution in [3.8, 4) is 17.1 Å². The second-order valence-corrected chi connectivity index (χ2v) is 10.1. The maximum absolute atomic E-state index is 14.9. The third-order valence-corrected chi connectivity index (χ3v) is 7.40. The van der Waals surface area contributed by atoms with Gasteiger partial charge < -0.3 is 14.4 Å². The predicted octanol–water partition coefficient (Wildman–Crippen LogP) is 6.30. The van der Waals surface area contributed by atoms with Crippen LogP contribution in [0.25, 0.3) is 11.1 Å². The normalized spacial score (nSPS) is 13.0. The predicted molar refractivity (Wildman–Crippen MR) is 145 cm³/mol. The van der Waals surface area contributed by atoms with Crippen molar-refractivity contribution in [2.24, 2.45) is 0 Å². The van der Waals surface area contributed by atoms with Crippen molar-refractivity contribution in [1.82, 2.24) is 23.4 Å². The summed E-state index contributed by atoms with van der Waals surface area (Å²) in [7, 11) is 1.92. The number of hydrogen-bond acceptors (Lipinski definition) is 8. The Hall–Kier alpha value is -2.34. The number of benzene rings is 2. The molecule has 4 rings (SSSR count). The minimum absolute atomic E-state index is 0.0330. The van der Waals surface area contributed by atoms with Crippen molar-refractivity contribution in [1.29, 1.82) is 0 Å². The van der Waals surface area contributed by atoms with Gasteiger partial charge >= 0.3 is 6.01 Å². The molecule has 11 heteroatoms. The monoisotopic (exact) mass is 534 g/mol. The number of rotatable bonds is 13. The molecule has 0 spiro atoms. The number of nitrogens with zero attached hydrogens (tertiary/aromatic N) is 5. The summed E-state index contributed by atoms with van der Waals surface area (Å²) in [5.41, 5.74) is 4.00. The Balaban J connectivity index is 1.49. The zero-order chi connectivity index (χ0) is 25.5. The van der Waals surface area contributed by atoms with Gasteiger partial charge in [-0.2, -0.15) is 4.98 Å². The molecule has 1 aliphatic carbocycles. The molecule has 0 bridgehead atoms. The molecule has 0 radical (unpaired) electrons. The molecule has 0 unspecified atom stereocenters. The van der Waals surface area contributed by atoms with E-state index in [0.29, 0.717) is 6.42 Å². The van der Waals surface area contributed by atoms with Crippen LogP contribution in [-0.2, 0) is 12.8 Å². The fourth-order valence-electron chi connectivity index (χ4n) is 4.46. The standard InChI is InChI=1S/C25H32F2N6OS2/c1-4-32(5-2)16-10-15-31(3)36-34-25-29-24(30-33(25)35-27)28-23-20-14-9-13-19(20)22(26)17-21(23)18-11-7-6-8-12-18/h6-8,11-12,17H,4-5,9-10,13-16H2,1-3H3,(H,28,30). The highest BCUT2D eigenvalue weighted by molar-refractivity contribution is 7.93. The van der Waals surface area contributed by atoms with Gasteiger partial charge in [0.2, 0.25) is 0 Å². The third kappa shape index (κ3) is 6.31. The number of halogens is 2. The molecular weight excluding hydrogens is 502 g/mol. The average Bonchev–Trinajstić information content (AvgIpc) is 3.55. The molecule has 0 amide bonds. The SMILES string of the molecule is CCN(CC)CCCN(C)SOc1nc(Nc2c(-c3ccccc3)cc(F)c3c2CCC3)nn1SF. The van der Waals surface area contributed by atoms with E-state index >= 15 is 0 Å². The smallest absolute Gasteiger partial charge is 0.343 e. The van der Waals surface area contributed by atoms with Gasteiger partial charge in [-0.25, -0.2) is 8.70 Å². The number of aromatic nitrogens is 3. The van der Waals surface area contributed by atoms with E-state index in [-0.39, 0.29) is 30.1 Å². The van der Waals surface area contributed by atoms with Gasteiger partial charge in [0.1, 0.15) is 5.82 Å². The summed E-state index contributed by atoms with van der Waals surface area (Å²) < 4.78 is 37.2. The van der Waals surface area contributed by atoms with E-state index in [0.717, 1.165) is 89.7 Å². The van der Waals surface area contributed by atoms with Crippen LogP contribution in [0.2, 0.25) is 0 Å². The molecule has 36 heavy (non-hydrogen) atoms. The summed E-state index contributed by atoms with van der Waals surface area (Å²) in [5, 5.41) is 7.46. The van der Waals surface area contributed by atoms with Gasteiger partial charge in [0.25, 0.3) is 5.95 Å². The first-order valence-corrected chi connectivity index (χ1v) is 13.6. The zero-order valence-corrected chi connectivity index (χ0v) is 22.5. The van der Waals surface area contributed by atoms with Gasteiger partial charge in [0.15, 0.2) is 24.6 Å². The number of anilines is 2. The molecule has 1 N–H and O–H groups in total. The van der Waals surface area contributed by atoms with Crippen molar-refractivity contribution in [2.45, 2.75) is 39.5 Å². The van der Waals surface area contributed by atoms with E-state index in [1.54, 1.807) is 6.07 Å². The van der Waals surface area contributed by atoms with Crippen molar-refractivity contribution in [2.75, 3.05) is 38.5 Å². The molecule has 0 saturated carbocycles. The Labute approximate surface area is 220 Å². The second-order valence-electron chi connectivity index (χ2n) is 8.63. The van der Waals surface area contributed by atoms with Gasteiger partial charge in [0, 0.05) is 19.2 Å². The lowest BCUT2D eigenvalue weighted by Gasteiger charge is -2.19. The van der Waals surface area contributed by atoms with Gasteiger partial charge in [-0.3, -0.25) is 0 Å². The van der Waals surface area contributed by atoms with Crippen LogP contribution in [0, 0.1) is 5.82 Å². The summed E-state index contributed by atoms with van der Waals surface area (Å²) in [4.78, 5) is 6.74. The first-order valence-electron chi connectivity index (χ1n) is 12.2.